The normalized spacial score (nSPS) is 14.3. The molecule has 1 N–H and O–H groups in total. The van der Waals surface area contributed by atoms with E-state index in [1.165, 1.54) is 5.56 Å². The van der Waals surface area contributed by atoms with Crippen LogP contribution in [0.25, 0.3) is 11.0 Å². The monoisotopic (exact) mass is 365 g/mol. The van der Waals surface area contributed by atoms with Gasteiger partial charge >= 0.3 is 0 Å². The quantitative estimate of drug-likeness (QED) is 0.723. The lowest BCUT2D eigenvalue weighted by Gasteiger charge is -2.23. The molecule has 0 spiro atoms. The van der Waals surface area contributed by atoms with Crippen LogP contribution in [-0.4, -0.2) is 31.8 Å². The van der Waals surface area contributed by atoms with Crippen LogP contribution in [0.15, 0.2) is 41.6 Å². The van der Waals surface area contributed by atoms with Gasteiger partial charge in [-0.3, -0.25) is 14.2 Å². The van der Waals surface area contributed by atoms with E-state index in [0.29, 0.717) is 30.7 Å². The first-order valence-corrected chi connectivity index (χ1v) is 9.36. The van der Waals surface area contributed by atoms with Crippen LogP contribution >= 0.6 is 0 Å². The summed E-state index contributed by atoms with van der Waals surface area (Å²) in [4.78, 5) is 29.1. The molecule has 1 saturated carbocycles. The summed E-state index contributed by atoms with van der Waals surface area (Å²) >= 11 is 0. The molecule has 2 heterocycles. The second kappa shape index (κ2) is 7.34. The van der Waals surface area contributed by atoms with Gasteiger partial charge in [0.15, 0.2) is 5.65 Å². The van der Waals surface area contributed by atoms with E-state index in [1.54, 1.807) is 21.8 Å². The highest BCUT2D eigenvalue weighted by Crippen LogP contribution is 2.26. The molecule has 0 atom stereocenters. The second-order valence-corrected chi connectivity index (χ2v) is 7.19. The van der Waals surface area contributed by atoms with Gasteiger partial charge in [-0.15, -0.1) is 0 Å². The third-order valence-electron chi connectivity index (χ3n) is 5.19. The topological polar surface area (TPSA) is 81.8 Å². The number of benzene rings is 1. The minimum Gasteiger partial charge on any atom is -0.354 e. The molecule has 0 saturated heterocycles. The van der Waals surface area contributed by atoms with Gasteiger partial charge in [0.1, 0.15) is 11.7 Å². The van der Waals surface area contributed by atoms with E-state index in [2.05, 4.69) is 15.4 Å². The van der Waals surface area contributed by atoms with Crippen LogP contribution in [0.3, 0.4) is 0 Å². The molecule has 27 heavy (non-hydrogen) atoms. The summed E-state index contributed by atoms with van der Waals surface area (Å²) in [5.74, 6) is 0.289. The first-order chi connectivity index (χ1) is 13.1. The van der Waals surface area contributed by atoms with Gasteiger partial charge in [0.2, 0.25) is 5.91 Å². The van der Waals surface area contributed by atoms with Crippen LogP contribution < -0.4 is 10.9 Å². The van der Waals surface area contributed by atoms with Gasteiger partial charge in [0.25, 0.3) is 5.56 Å². The Morgan fingerprint density at radius 1 is 1.26 bits per heavy atom. The zero-order valence-corrected chi connectivity index (χ0v) is 15.4. The van der Waals surface area contributed by atoms with Crippen LogP contribution in [0.4, 0.5) is 0 Å². The highest BCUT2D eigenvalue weighted by Gasteiger charge is 2.24. The number of aryl methyl sites for hydroxylation is 1. The van der Waals surface area contributed by atoms with Crippen LogP contribution in [0.1, 0.15) is 30.4 Å². The predicted molar refractivity (Wildman–Crippen MR) is 102 cm³/mol. The Morgan fingerprint density at radius 3 is 2.74 bits per heavy atom. The first-order valence-electron chi connectivity index (χ1n) is 9.36. The van der Waals surface area contributed by atoms with E-state index in [0.717, 1.165) is 24.8 Å². The summed E-state index contributed by atoms with van der Waals surface area (Å²) in [7, 11) is 0. The van der Waals surface area contributed by atoms with Crippen LogP contribution in [0.5, 0.6) is 0 Å². The maximum Gasteiger partial charge on any atom is 0.264 e. The van der Waals surface area contributed by atoms with Crippen molar-refractivity contribution >= 4 is 16.9 Å². The van der Waals surface area contributed by atoms with Gasteiger partial charge in [-0.2, -0.15) is 5.10 Å². The Kier molecular flexibility index (Phi) is 4.75. The van der Waals surface area contributed by atoms with Gasteiger partial charge in [0, 0.05) is 12.5 Å². The van der Waals surface area contributed by atoms with Gasteiger partial charge in [-0.25, -0.2) is 9.67 Å². The number of carbonyl (C=O) groups excluding carboxylic acids is 1. The largest absolute Gasteiger partial charge is 0.354 e. The fourth-order valence-corrected chi connectivity index (χ4v) is 3.26. The number of aromatic nitrogens is 4. The van der Waals surface area contributed by atoms with Crippen molar-refractivity contribution in [2.75, 3.05) is 6.54 Å². The fraction of sp³-hybridized carbons (Fsp3) is 0.400. The lowest BCUT2D eigenvalue weighted by molar-refractivity contribution is -0.127. The molecule has 0 radical (unpaired) electrons. The van der Waals surface area contributed by atoms with Crippen molar-refractivity contribution in [3.63, 3.8) is 0 Å². The molecular weight excluding hydrogens is 342 g/mol. The zero-order chi connectivity index (χ0) is 18.8. The van der Waals surface area contributed by atoms with Crippen LogP contribution in [0.2, 0.25) is 0 Å². The van der Waals surface area contributed by atoms with E-state index in [9.17, 15) is 9.59 Å². The summed E-state index contributed by atoms with van der Waals surface area (Å²) < 4.78 is 3.27. The molecule has 1 aromatic carbocycles. The van der Waals surface area contributed by atoms with Crippen LogP contribution in [0, 0.1) is 12.8 Å². The average molecular weight is 365 g/mol. The maximum atomic E-state index is 12.7. The third kappa shape index (κ3) is 3.63. The molecule has 0 aliphatic heterocycles. The number of nitrogens with zero attached hydrogens (tertiary/aromatic N) is 4. The maximum absolute atomic E-state index is 12.7. The van der Waals surface area contributed by atoms with Crippen molar-refractivity contribution in [3.8, 4) is 0 Å². The Morgan fingerprint density at radius 2 is 2.04 bits per heavy atom. The standard InChI is InChI=1S/C20H23N5O2/c1-14-5-7-15(8-6-14)12-24-13-22-18-17(20(24)27)11-23-25(18)10-9-21-19(26)16-3-2-4-16/h5-8,11,13,16H,2-4,9-10,12H2,1H3,(H,21,26). The van der Waals surface area contributed by atoms with Gasteiger partial charge in [-0.1, -0.05) is 36.2 Å². The lowest BCUT2D eigenvalue weighted by Crippen LogP contribution is -2.36. The summed E-state index contributed by atoms with van der Waals surface area (Å²) in [6.07, 6.45) is 6.23. The van der Waals surface area contributed by atoms with Crippen molar-refractivity contribution in [2.45, 2.75) is 39.3 Å². The molecule has 1 fully saturated rings. The van der Waals surface area contributed by atoms with E-state index in [-0.39, 0.29) is 17.4 Å². The minimum absolute atomic E-state index is 0.106. The molecule has 7 heteroatoms. The predicted octanol–water partition coefficient (Wildman–Crippen LogP) is 1.87. The molecule has 7 nitrogen and oxygen atoms in total. The van der Waals surface area contributed by atoms with E-state index in [1.807, 2.05) is 31.2 Å². The summed E-state index contributed by atoms with van der Waals surface area (Å²) in [5.41, 5.74) is 2.68. The number of nitrogens with one attached hydrogen (secondary N) is 1. The number of hydrogen-bond donors (Lipinski definition) is 1. The van der Waals surface area contributed by atoms with E-state index in [4.69, 9.17) is 0 Å². The molecule has 2 aromatic heterocycles. The molecule has 3 aromatic rings. The number of amides is 1. The molecule has 1 amide bonds. The highest BCUT2D eigenvalue weighted by atomic mass is 16.2. The second-order valence-electron chi connectivity index (χ2n) is 7.19. The lowest BCUT2D eigenvalue weighted by atomic mass is 9.85. The molecule has 0 unspecified atom stereocenters. The van der Waals surface area contributed by atoms with Crippen molar-refractivity contribution in [3.05, 3.63) is 58.3 Å². The summed E-state index contributed by atoms with van der Waals surface area (Å²) in [6, 6.07) is 8.09. The molecule has 1 aliphatic carbocycles. The van der Waals surface area contributed by atoms with Crippen molar-refractivity contribution < 1.29 is 4.79 Å². The average Bonchev–Trinajstić information content (AvgIpc) is 3.02. The number of hydrogen-bond acceptors (Lipinski definition) is 4. The third-order valence-corrected chi connectivity index (χ3v) is 5.19. The molecule has 1 aliphatic rings. The van der Waals surface area contributed by atoms with Crippen molar-refractivity contribution in [1.82, 2.24) is 24.6 Å². The smallest absolute Gasteiger partial charge is 0.264 e. The number of fused-ring (bicyclic) bond motifs is 1. The Hall–Kier alpha value is -2.96. The van der Waals surface area contributed by atoms with E-state index < -0.39 is 0 Å². The van der Waals surface area contributed by atoms with Gasteiger partial charge < -0.3 is 5.32 Å². The van der Waals surface area contributed by atoms with Crippen molar-refractivity contribution in [2.24, 2.45) is 5.92 Å². The minimum atomic E-state index is -0.106. The summed E-state index contributed by atoms with van der Waals surface area (Å²) in [6.45, 7) is 3.49. The number of carbonyl (C=O) groups is 1. The SMILES string of the molecule is Cc1ccc(Cn2cnc3c(cnn3CCNC(=O)C3CCC3)c2=O)cc1. The Bertz CT molecular complexity index is 1020. The molecule has 4 rings (SSSR count). The van der Waals surface area contributed by atoms with Crippen molar-refractivity contribution in [1.29, 1.82) is 0 Å². The number of rotatable bonds is 6. The van der Waals surface area contributed by atoms with E-state index >= 15 is 0 Å². The Labute approximate surface area is 157 Å². The molecular formula is C20H23N5O2. The zero-order valence-electron chi connectivity index (χ0n) is 15.4. The molecule has 140 valence electrons. The first kappa shape index (κ1) is 17.5. The van der Waals surface area contributed by atoms with Crippen LogP contribution in [-0.2, 0) is 17.9 Å². The van der Waals surface area contributed by atoms with Gasteiger partial charge in [0.05, 0.1) is 19.3 Å². The highest BCUT2D eigenvalue weighted by molar-refractivity contribution is 5.79. The summed E-state index contributed by atoms with van der Waals surface area (Å²) in [5, 5.41) is 7.72. The van der Waals surface area contributed by atoms with Gasteiger partial charge in [-0.05, 0) is 25.3 Å². The fourth-order valence-electron chi connectivity index (χ4n) is 3.26. The Balaban J connectivity index is 1.46. The molecule has 0 bridgehead atoms.